The van der Waals surface area contributed by atoms with Gasteiger partial charge in [-0.05, 0) is 20.0 Å². The molecule has 0 amide bonds. The molecule has 1 rings (SSSR count). The molecule has 2 N–H and O–H groups in total. The Hall–Kier alpha value is -1.69. The van der Waals surface area contributed by atoms with Crippen LogP contribution in [0.4, 0.5) is 11.5 Å². The molecule has 0 spiro atoms. The van der Waals surface area contributed by atoms with E-state index < -0.39 is 4.92 Å². The Morgan fingerprint density at radius 2 is 2.27 bits per heavy atom. The Kier molecular flexibility index (Phi) is 3.99. The van der Waals surface area contributed by atoms with Gasteiger partial charge in [0.2, 0.25) is 5.82 Å². The first-order valence-corrected chi connectivity index (χ1v) is 4.65. The highest BCUT2D eigenvalue weighted by Gasteiger charge is 2.17. The Labute approximate surface area is 87.9 Å². The van der Waals surface area contributed by atoms with E-state index in [4.69, 9.17) is 0 Å². The third kappa shape index (κ3) is 2.88. The van der Waals surface area contributed by atoms with Crippen molar-refractivity contribution in [3.63, 3.8) is 0 Å². The van der Waals surface area contributed by atoms with Crippen molar-refractivity contribution < 1.29 is 4.92 Å². The molecule has 1 heterocycles. The molecule has 15 heavy (non-hydrogen) atoms. The zero-order valence-corrected chi connectivity index (χ0v) is 8.78. The summed E-state index contributed by atoms with van der Waals surface area (Å²) in [6, 6.07) is 1.63. The molecule has 6 heteroatoms. The van der Waals surface area contributed by atoms with Crippen molar-refractivity contribution in [3.05, 3.63) is 27.9 Å². The summed E-state index contributed by atoms with van der Waals surface area (Å²) in [6.07, 6.45) is 1.56. The summed E-state index contributed by atoms with van der Waals surface area (Å²) in [6.45, 7) is 3.03. The lowest BCUT2D eigenvalue weighted by molar-refractivity contribution is -0.384. The number of aromatic nitrogens is 1. The van der Waals surface area contributed by atoms with E-state index in [9.17, 15) is 10.1 Å². The second-order valence-electron chi connectivity index (χ2n) is 3.11. The molecule has 6 nitrogen and oxygen atoms in total. The third-order valence-corrected chi connectivity index (χ3v) is 1.98. The summed E-state index contributed by atoms with van der Waals surface area (Å²) in [7, 11) is 1.82. The van der Waals surface area contributed by atoms with Crippen LogP contribution in [0.2, 0.25) is 0 Å². The van der Waals surface area contributed by atoms with Crippen LogP contribution in [0.25, 0.3) is 0 Å². The maximum atomic E-state index is 10.8. The van der Waals surface area contributed by atoms with Crippen LogP contribution in [0.3, 0.4) is 0 Å². The van der Waals surface area contributed by atoms with Crippen molar-refractivity contribution in [1.82, 2.24) is 10.3 Å². The van der Waals surface area contributed by atoms with E-state index in [0.717, 1.165) is 6.54 Å². The van der Waals surface area contributed by atoms with Gasteiger partial charge in [0.1, 0.15) is 0 Å². The molecule has 0 fully saturated rings. The lowest BCUT2D eigenvalue weighted by Gasteiger charge is -2.06. The van der Waals surface area contributed by atoms with Crippen LogP contribution in [0.1, 0.15) is 5.56 Å². The smallest absolute Gasteiger partial charge is 0.314 e. The van der Waals surface area contributed by atoms with Crippen molar-refractivity contribution >= 4 is 11.5 Å². The minimum atomic E-state index is -0.413. The fraction of sp³-hybridized carbons (Fsp3) is 0.444. The molecule has 0 saturated heterocycles. The van der Waals surface area contributed by atoms with Gasteiger partial charge < -0.3 is 10.6 Å². The van der Waals surface area contributed by atoms with Gasteiger partial charge in [-0.1, -0.05) is 0 Å². The van der Waals surface area contributed by atoms with Crippen molar-refractivity contribution in [2.75, 3.05) is 25.5 Å². The largest absolute Gasteiger partial charge is 0.363 e. The highest BCUT2D eigenvalue weighted by Crippen LogP contribution is 2.24. The number of nitro groups is 1. The minimum absolute atomic E-state index is 0.0496. The third-order valence-electron chi connectivity index (χ3n) is 1.98. The number of pyridine rings is 1. The van der Waals surface area contributed by atoms with Crippen molar-refractivity contribution in [3.8, 4) is 0 Å². The lowest BCUT2D eigenvalue weighted by Crippen LogP contribution is -2.18. The summed E-state index contributed by atoms with van der Waals surface area (Å²) >= 11 is 0. The number of likely N-dealkylation sites (N-methyl/N-ethyl adjacent to an activating group) is 1. The molecule has 82 valence electrons. The van der Waals surface area contributed by atoms with Crippen LogP contribution in [0.5, 0.6) is 0 Å². The average molecular weight is 210 g/mol. The van der Waals surface area contributed by atoms with Gasteiger partial charge in [-0.15, -0.1) is 0 Å². The van der Waals surface area contributed by atoms with E-state index in [2.05, 4.69) is 15.6 Å². The molecule has 0 aliphatic rings. The van der Waals surface area contributed by atoms with Crippen molar-refractivity contribution in [2.24, 2.45) is 0 Å². The summed E-state index contributed by atoms with van der Waals surface area (Å²) in [5.41, 5.74) is 0.663. The SMILES string of the molecule is CNCCNc1nccc(C)c1[N+](=O)[O-]. The Morgan fingerprint density at radius 1 is 1.53 bits per heavy atom. The number of rotatable bonds is 5. The van der Waals surface area contributed by atoms with Crippen LogP contribution in [-0.2, 0) is 0 Å². The summed E-state index contributed by atoms with van der Waals surface area (Å²) in [5, 5.41) is 16.6. The normalized spacial score (nSPS) is 10.0. The number of hydrogen-bond acceptors (Lipinski definition) is 5. The highest BCUT2D eigenvalue weighted by atomic mass is 16.6. The zero-order valence-electron chi connectivity index (χ0n) is 8.78. The molecular weight excluding hydrogens is 196 g/mol. The van der Waals surface area contributed by atoms with E-state index >= 15 is 0 Å². The molecule has 0 saturated carbocycles. The monoisotopic (exact) mass is 210 g/mol. The first-order chi connectivity index (χ1) is 7.16. The fourth-order valence-corrected chi connectivity index (χ4v) is 1.22. The van der Waals surface area contributed by atoms with Crippen LogP contribution >= 0.6 is 0 Å². The van der Waals surface area contributed by atoms with Gasteiger partial charge in [0, 0.05) is 24.8 Å². The van der Waals surface area contributed by atoms with Gasteiger partial charge in [0.05, 0.1) is 4.92 Å². The number of anilines is 1. The Morgan fingerprint density at radius 3 is 2.87 bits per heavy atom. The van der Waals surface area contributed by atoms with E-state index in [-0.39, 0.29) is 5.69 Å². The number of aryl methyl sites for hydroxylation is 1. The van der Waals surface area contributed by atoms with E-state index in [1.54, 1.807) is 19.2 Å². The second kappa shape index (κ2) is 5.26. The predicted octanol–water partition coefficient (Wildman–Crippen LogP) is 0.930. The van der Waals surface area contributed by atoms with Crippen LogP contribution in [0.15, 0.2) is 12.3 Å². The average Bonchev–Trinajstić information content (AvgIpc) is 2.17. The highest BCUT2D eigenvalue weighted by molar-refractivity contribution is 5.59. The standard InChI is InChI=1S/C9H14N4O2/c1-7-3-4-11-9(8(7)13(14)15)12-6-5-10-2/h3-4,10H,5-6H2,1-2H3,(H,11,12). The minimum Gasteiger partial charge on any atom is -0.363 e. The molecular formula is C9H14N4O2. The van der Waals surface area contributed by atoms with Gasteiger partial charge in [0.15, 0.2) is 0 Å². The van der Waals surface area contributed by atoms with Gasteiger partial charge in [-0.2, -0.15) is 0 Å². The molecule has 1 aromatic rings. The van der Waals surface area contributed by atoms with E-state index in [0.29, 0.717) is 17.9 Å². The molecule has 0 unspecified atom stereocenters. The van der Waals surface area contributed by atoms with Gasteiger partial charge in [0.25, 0.3) is 0 Å². The summed E-state index contributed by atoms with van der Waals surface area (Å²) in [5.74, 6) is 0.329. The van der Waals surface area contributed by atoms with Gasteiger partial charge in [-0.3, -0.25) is 10.1 Å². The maximum Gasteiger partial charge on any atom is 0.314 e. The van der Waals surface area contributed by atoms with Crippen LogP contribution < -0.4 is 10.6 Å². The lowest BCUT2D eigenvalue weighted by atomic mass is 10.2. The van der Waals surface area contributed by atoms with Crippen molar-refractivity contribution in [2.45, 2.75) is 6.92 Å². The fourth-order valence-electron chi connectivity index (χ4n) is 1.22. The van der Waals surface area contributed by atoms with E-state index in [1.165, 1.54) is 0 Å². The predicted molar refractivity (Wildman–Crippen MR) is 58.0 cm³/mol. The molecule has 0 aliphatic heterocycles. The van der Waals surface area contributed by atoms with Gasteiger partial charge in [-0.25, -0.2) is 4.98 Å². The topological polar surface area (TPSA) is 80.1 Å². The van der Waals surface area contributed by atoms with Crippen LogP contribution in [-0.4, -0.2) is 30.0 Å². The Bertz CT molecular complexity index is 354. The number of hydrogen-bond donors (Lipinski definition) is 2. The summed E-state index contributed by atoms with van der Waals surface area (Å²) in [4.78, 5) is 14.3. The quantitative estimate of drug-likeness (QED) is 0.429. The molecule has 0 aliphatic carbocycles. The Balaban J connectivity index is 2.86. The first-order valence-electron chi connectivity index (χ1n) is 4.65. The molecule has 0 atom stereocenters. The van der Waals surface area contributed by atoms with E-state index in [1.807, 2.05) is 7.05 Å². The second-order valence-corrected chi connectivity index (χ2v) is 3.11. The molecule has 0 radical (unpaired) electrons. The van der Waals surface area contributed by atoms with Gasteiger partial charge >= 0.3 is 5.69 Å². The molecule has 0 aromatic carbocycles. The molecule has 0 bridgehead atoms. The van der Waals surface area contributed by atoms with Crippen LogP contribution in [0, 0.1) is 17.0 Å². The maximum absolute atomic E-state index is 10.8. The first kappa shape index (κ1) is 11.4. The van der Waals surface area contributed by atoms with Crippen molar-refractivity contribution in [1.29, 1.82) is 0 Å². The molecule has 1 aromatic heterocycles. The zero-order chi connectivity index (χ0) is 11.3. The number of nitrogens with zero attached hydrogens (tertiary/aromatic N) is 2. The number of nitrogens with one attached hydrogen (secondary N) is 2. The summed E-state index contributed by atoms with van der Waals surface area (Å²) < 4.78 is 0.